The molecule has 16 heteroatoms. The molecule has 0 fully saturated rings. The first-order valence-corrected chi connectivity index (χ1v) is 27.4. The third-order valence-corrected chi connectivity index (χ3v) is 14.1. The summed E-state index contributed by atoms with van der Waals surface area (Å²) in [6, 6.07) is 29.9. The summed E-state index contributed by atoms with van der Waals surface area (Å²) < 4.78 is 6.20. The Kier molecular flexibility index (Phi) is 22.3. The number of fused-ring (bicyclic) bond motifs is 7. The second-order valence-electron chi connectivity index (χ2n) is 19.3. The van der Waals surface area contributed by atoms with E-state index in [-0.39, 0.29) is 23.3 Å². The van der Waals surface area contributed by atoms with Crippen LogP contribution in [0, 0.1) is 6.92 Å². The van der Waals surface area contributed by atoms with Crippen molar-refractivity contribution >= 4 is 67.0 Å². The Hall–Kier alpha value is -7.61. The Morgan fingerprint density at radius 3 is 1.76 bits per heavy atom. The highest BCUT2D eigenvalue weighted by Gasteiger charge is 2.22. The van der Waals surface area contributed by atoms with Crippen LogP contribution in [0.2, 0.25) is 13.6 Å². The van der Waals surface area contributed by atoms with Gasteiger partial charge in [-0.1, -0.05) is 37.9 Å². The highest BCUT2D eigenvalue weighted by atomic mass is 16.3. The first kappa shape index (κ1) is 59.6. The van der Waals surface area contributed by atoms with Gasteiger partial charge in [-0.2, -0.15) is 0 Å². The second kappa shape index (κ2) is 29.2. The minimum atomic E-state index is 0.0214. The van der Waals surface area contributed by atoms with Gasteiger partial charge in [0.15, 0.2) is 11.3 Å². The van der Waals surface area contributed by atoms with Crippen LogP contribution in [-0.4, -0.2) is 98.7 Å². The van der Waals surface area contributed by atoms with Crippen molar-refractivity contribution in [3.8, 4) is 34.5 Å². The van der Waals surface area contributed by atoms with Crippen LogP contribution < -0.4 is 30.7 Å². The fourth-order valence-corrected chi connectivity index (χ4v) is 10.3. The Morgan fingerprint density at radius 2 is 1.14 bits per heavy atom. The Bertz CT molecular complexity index is 3160. The molecule has 6 N–H and O–H groups in total. The summed E-state index contributed by atoms with van der Waals surface area (Å²) in [4.78, 5) is 38.1. The zero-order valence-corrected chi connectivity index (χ0v) is 46.7. The van der Waals surface area contributed by atoms with Gasteiger partial charge in [0, 0.05) is 118 Å². The number of aryl methyl sites for hydroxylation is 6. The standard InChI is InChI=1S/C20H23N3O.C11H13NO2.C11H15NO.C9H9NO2.C9H11NO.2CH3B/c1-4-21-15-11-19-16(9-13(15)3)22-17-10-14-7-6-8-23(5-2)18(14)12-20(17)24-19;1-8(13)12-6-2-3-9-4-5-10(14)7-11(9)12;1-2-12-7-3-4-9-5-6-10(13)8-11(9)12;11-7-3-1-6-2-4-9(12)10-8(6)5-7;11-8-4-3-7-2-1-5-10-9(7)6-8;2*1-2/h9-12H,4-8H2,1-3H3;4-5,7,14H,2-3,6H2,1H3;5-6,8,13H,2-4,7H2,1H3;1,3,5,11H,2,4H2,(H,10,12);3-4,6,10-11H,1-2,5H2;2*1H3. The molecule has 5 aromatic carbocycles. The van der Waals surface area contributed by atoms with E-state index in [1.54, 1.807) is 54.3 Å². The summed E-state index contributed by atoms with van der Waals surface area (Å²) in [5.74, 6) is 1.99. The van der Waals surface area contributed by atoms with Crippen LogP contribution in [0.5, 0.6) is 23.0 Å². The zero-order valence-electron chi connectivity index (χ0n) is 46.7. The molecule has 4 radical (unpaired) electrons. The highest BCUT2D eigenvalue weighted by molar-refractivity contribution is 6.05. The number of aromatic nitrogens is 1. The summed E-state index contributed by atoms with van der Waals surface area (Å²) in [6.07, 6.45) is 10.3. The molecule has 0 atom stereocenters. The maximum atomic E-state index is 11.3. The molecule has 1 aliphatic carbocycles. The molecule has 14 nitrogen and oxygen atoms in total. The SMILES string of the molecule is CC(=O)N1CCCc2ccc(O)cc21.CCN1CCCc2ccc(O)cc21.CCN=c1cc2oc3cc4c(cc3nc-2cc1C)CCCN4CC.O=C1CCc2ccc(O)cc2N1.Oc1ccc2c(c1)NCCC2.[B]C.[B]C. The van der Waals surface area contributed by atoms with Crippen molar-refractivity contribution in [3.63, 3.8) is 0 Å². The van der Waals surface area contributed by atoms with Crippen molar-refractivity contribution in [1.29, 1.82) is 0 Å². The van der Waals surface area contributed by atoms with Gasteiger partial charge in [0.1, 0.15) is 34.2 Å². The highest BCUT2D eigenvalue weighted by Crippen LogP contribution is 2.35. The minimum Gasteiger partial charge on any atom is -0.508 e. The Balaban J connectivity index is 0.000000160. The summed E-state index contributed by atoms with van der Waals surface area (Å²) in [5, 5.41) is 43.9. The first-order chi connectivity index (χ1) is 37.8. The summed E-state index contributed by atoms with van der Waals surface area (Å²) in [5.41, 5.74) is 15.3. The molecule has 5 aromatic rings. The van der Waals surface area contributed by atoms with Crippen LogP contribution in [0.15, 0.2) is 106 Å². The summed E-state index contributed by atoms with van der Waals surface area (Å²) in [6.45, 7) is 19.9. The number of phenolic OH excluding ortho intramolecular Hbond substituents is 4. The lowest BCUT2D eigenvalue weighted by Crippen LogP contribution is -2.33. The number of anilines is 5. The number of carbonyl (C=O) groups excluding carboxylic acids is 2. The first-order valence-electron chi connectivity index (χ1n) is 27.4. The predicted octanol–water partition coefficient (Wildman–Crippen LogP) is 11.2. The third kappa shape index (κ3) is 15.5. The van der Waals surface area contributed by atoms with E-state index in [4.69, 9.17) is 19.6 Å². The van der Waals surface area contributed by atoms with E-state index in [2.05, 4.69) is 80.1 Å². The monoisotopic (exact) mass is 1050 g/mol. The van der Waals surface area contributed by atoms with Crippen molar-refractivity contribution in [3.05, 3.63) is 136 Å². The number of amides is 2. The average Bonchev–Trinajstić information content (AvgIpc) is 3.49. The molecule has 12 rings (SSSR count). The summed E-state index contributed by atoms with van der Waals surface area (Å²) >= 11 is 0. The Labute approximate surface area is 463 Å². The lowest BCUT2D eigenvalue weighted by Gasteiger charge is -2.30. The number of nitrogens with zero attached hydrogens (tertiary/aromatic N) is 5. The van der Waals surface area contributed by atoms with Crippen molar-refractivity contribution in [2.75, 3.05) is 71.1 Å². The fraction of sp³-hybridized carbons (Fsp3) is 0.387. The smallest absolute Gasteiger partial charge is 0.224 e. The molecule has 2 amide bonds. The van der Waals surface area contributed by atoms with Gasteiger partial charge in [-0.25, -0.2) is 4.98 Å². The molecule has 408 valence electrons. The van der Waals surface area contributed by atoms with Crippen molar-refractivity contribution in [1.82, 2.24) is 4.98 Å². The zero-order chi connectivity index (χ0) is 56.3. The fourth-order valence-electron chi connectivity index (χ4n) is 10.3. The lowest BCUT2D eigenvalue weighted by molar-refractivity contribution is -0.117. The van der Waals surface area contributed by atoms with Crippen LogP contribution in [0.3, 0.4) is 0 Å². The van der Waals surface area contributed by atoms with E-state index in [1.165, 1.54) is 61.0 Å². The molecule has 0 unspecified atom stereocenters. The largest absolute Gasteiger partial charge is 0.508 e. The van der Waals surface area contributed by atoms with Crippen LogP contribution in [0.4, 0.5) is 28.4 Å². The molecule has 0 saturated carbocycles. The number of rotatable bonds is 3. The predicted molar refractivity (Wildman–Crippen MR) is 320 cm³/mol. The van der Waals surface area contributed by atoms with E-state index in [0.29, 0.717) is 17.9 Å². The average molecular weight is 1050 g/mol. The number of phenols is 4. The van der Waals surface area contributed by atoms with Crippen LogP contribution in [-0.2, 0) is 41.7 Å². The lowest BCUT2D eigenvalue weighted by atomic mass is 10.0. The van der Waals surface area contributed by atoms with Gasteiger partial charge in [0.05, 0.1) is 26.7 Å². The molecule has 7 aliphatic rings. The number of benzene rings is 6. The molecule has 6 aliphatic heterocycles. The van der Waals surface area contributed by atoms with Gasteiger partial charge in [0.2, 0.25) is 11.8 Å². The summed E-state index contributed by atoms with van der Waals surface area (Å²) in [7, 11) is 9.00. The van der Waals surface area contributed by atoms with Crippen molar-refractivity contribution in [2.24, 2.45) is 4.99 Å². The van der Waals surface area contributed by atoms with Crippen molar-refractivity contribution < 1.29 is 34.4 Å². The molecule has 0 aromatic heterocycles. The Morgan fingerprint density at radius 1 is 0.615 bits per heavy atom. The number of nitrogens with one attached hydrogen (secondary N) is 2. The molecular formula is C62H77B2N7O7. The van der Waals surface area contributed by atoms with E-state index in [9.17, 15) is 19.8 Å². The molecule has 78 heavy (non-hydrogen) atoms. The van der Waals surface area contributed by atoms with Gasteiger partial charge in [-0.3, -0.25) is 14.6 Å². The molecule has 0 spiro atoms. The van der Waals surface area contributed by atoms with E-state index in [0.717, 1.165) is 146 Å². The van der Waals surface area contributed by atoms with Gasteiger partial charge in [0.25, 0.3) is 0 Å². The van der Waals surface area contributed by atoms with Crippen LogP contribution in [0.1, 0.15) is 93.2 Å². The second-order valence-corrected chi connectivity index (χ2v) is 19.3. The van der Waals surface area contributed by atoms with Gasteiger partial charge >= 0.3 is 0 Å². The number of hydrogen-bond acceptors (Lipinski definition) is 12. The van der Waals surface area contributed by atoms with Gasteiger partial charge in [-0.15, -0.1) is 0 Å². The molecular weight excluding hydrogens is 976 g/mol. The number of hydrogen-bond donors (Lipinski definition) is 6. The maximum absolute atomic E-state index is 11.3. The minimum absolute atomic E-state index is 0.0214. The molecule has 6 heterocycles. The van der Waals surface area contributed by atoms with E-state index < -0.39 is 0 Å². The van der Waals surface area contributed by atoms with Crippen LogP contribution in [0.25, 0.3) is 22.6 Å². The number of aromatic hydroxyl groups is 4. The quantitative estimate of drug-likeness (QED) is 0.0730. The van der Waals surface area contributed by atoms with E-state index >= 15 is 0 Å². The van der Waals surface area contributed by atoms with E-state index in [1.807, 2.05) is 43.3 Å². The van der Waals surface area contributed by atoms with Crippen LogP contribution >= 0.6 is 0 Å². The molecule has 0 bridgehead atoms. The van der Waals surface area contributed by atoms with Crippen molar-refractivity contribution in [2.45, 2.75) is 112 Å². The maximum Gasteiger partial charge on any atom is 0.224 e. The topological polar surface area (TPSA) is 187 Å². The van der Waals surface area contributed by atoms with Gasteiger partial charge < -0.3 is 50.2 Å². The normalized spacial score (nSPS) is 14.6. The van der Waals surface area contributed by atoms with Gasteiger partial charge in [-0.05, 0) is 155 Å². The third-order valence-electron chi connectivity index (χ3n) is 14.1. The molecule has 0 saturated heterocycles. The number of carbonyl (C=O) groups is 2.